The van der Waals surface area contributed by atoms with E-state index in [-0.39, 0.29) is 10.8 Å². The number of piperidine rings is 1. The molecule has 0 radical (unpaired) electrons. The van der Waals surface area contributed by atoms with Gasteiger partial charge in [0.2, 0.25) is 15.8 Å². The van der Waals surface area contributed by atoms with Crippen LogP contribution in [0.4, 0.5) is 5.13 Å². The summed E-state index contributed by atoms with van der Waals surface area (Å²) in [4.78, 5) is 17.8. The second-order valence-corrected chi connectivity index (χ2v) is 11.1. The Bertz CT molecular complexity index is 1310. The van der Waals surface area contributed by atoms with Crippen LogP contribution in [0.3, 0.4) is 0 Å². The summed E-state index contributed by atoms with van der Waals surface area (Å²) in [6.45, 7) is 7.87. The van der Waals surface area contributed by atoms with Crippen LogP contribution in [0.5, 0.6) is 17.2 Å². The van der Waals surface area contributed by atoms with Gasteiger partial charge in [-0.15, -0.1) is 0 Å². The number of carbonyl (C=O) groups is 1. The van der Waals surface area contributed by atoms with Crippen molar-refractivity contribution in [2.45, 2.75) is 44.9 Å². The van der Waals surface area contributed by atoms with Crippen LogP contribution in [-0.2, 0) is 10.0 Å². The first-order valence-electron chi connectivity index (χ1n) is 12.2. The van der Waals surface area contributed by atoms with Crippen molar-refractivity contribution in [3.63, 3.8) is 0 Å². The van der Waals surface area contributed by atoms with Gasteiger partial charge in [0.05, 0.1) is 34.9 Å². The van der Waals surface area contributed by atoms with E-state index >= 15 is 0 Å². The highest BCUT2D eigenvalue weighted by Crippen LogP contribution is 2.39. The molecule has 1 fully saturated rings. The lowest BCUT2D eigenvalue weighted by Gasteiger charge is -2.25. The van der Waals surface area contributed by atoms with E-state index in [0.29, 0.717) is 71.1 Å². The predicted molar refractivity (Wildman–Crippen MR) is 140 cm³/mol. The van der Waals surface area contributed by atoms with E-state index in [1.807, 2.05) is 20.8 Å². The van der Waals surface area contributed by atoms with Gasteiger partial charge < -0.3 is 14.2 Å². The quantitative estimate of drug-likeness (QED) is 0.394. The van der Waals surface area contributed by atoms with Gasteiger partial charge in [0.25, 0.3) is 5.91 Å². The molecule has 1 saturated heterocycles. The molecule has 36 heavy (non-hydrogen) atoms. The molecule has 194 valence electrons. The van der Waals surface area contributed by atoms with E-state index in [0.717, 1.165) is 19.3 Å². The summed E-state index contributed by atoms with van der Waals surface area (Å²) in [5, 5.41) is 3.18. The topological polar surface area (TPSA) is 107 Å². The average molecular weight is 534 g/mol. The largest absolute Gasteiger partial charge is 0.490 e. The van der Waals surface area contributed by atoms with Gasteiger partial charge in [0.1, 0.15) is 0 Å². The first kappa shape index (κ1) is 26.2. The molecule has 0 saturated carbocycles. The molecule has 9 nitrogen and oxygen atoms in total. The molecule has 0 unspecified atom stereocenters. The van der Waals surface area contributed by atoms with Gasteiger partial charge in [0, 0.05) is 18.7 Å². The average Bonchev–Trinajstić information content (AvgIpc) is 3.28. The van der Waals surface area contributed by atoms with Crippen molar-refractivity contribution >= 4 is 42.6 Å². The summed E-state index contributed by atoms with van der Waals surface area (Å²) in [6, 6.07) is 8.11. The molecule has 1 N–H and O–H groups in total. The van der Waals surface area contributed by atoms with Crippen LogP contribution in [0.25, 0.3) is 10.2 Å². The molecular formula is C25H31N3O6S2. The number of hydrogen-bond donors (Lipinski definition) is 1. The lowest BCUT2D eigenvalue weighted by molar-refractivity contribution is 0.102. The van der Waals surface area contributed by atoms with Crippen molar-refractivity contribution in [2.24, 2.45) is 0 Å². The minimum Gasteiger partial charge on any atom is -0.490 e. The standard InChI is InChI=1S/C25H31N3O6S2/c1-4-32-20-14-17(15-21(33-5-2)23(20)34-6-3)24(29)27-25-26-19-11-10-18(16-22(19)35-25)36(30,31)28-12-8-7-9-13-28/h10-11,14-16H,4-9,12-13H2,1-3H3,(H,26,27,29). The van der Waals surface area contributed by atoms with Crippen molar-refractivity contribution < 1.29 is 27.4 Å². The number of ether oxygens (including phenoxy) is 3. The molecule has 0 aliphatic carbocycles. The Morgan fingerprint density at radius 1 is 0.972 bits per heavy atom. The number of nitrogens with zero attached hydrogens (tertiary/aromatic N) is 2. The third kappa shape index (κ3) is 5.58. The zero-order valence-electron chi connectivity index (χ0n) is 20.7. The number of sulfonamides is 1. The number of anilines is 1. The first-order chi connectivity index (χ1) is 17.4. The zero-order chi connectivity index (χ0) is 25.7. The lowest BCUT2D eigenvalue weighted by Crippen LogP contribution is -2.35. The summed E-state index contributed by atoms with van der Waals surface area (Å²) in [6.07, 6.45) is 2.80. The Morgan fingerprint density at radius 2 is 1.61 bits per heavy atom. The van der Waals surface area contributed by atoms with Gasteiger partial charge in [0.15, 0.2) is 16.6 Å². The van der Waals surface area contributed by atoms with Crippen molar-refractivity contribution in [2.75, 3.05) is 38.2 Å². The van der Waals surface area contributed by atoms with Crippen molar-refractivity contribution in [3.8, 4) is 17.2 Å². The number of fused-ring (bicyclic) bond motifs is 1. The summed E-state index contributed by atoms with van der Waals surface area (Å²) >= 11 is 1.22. The summed E-state index contributed by atoms with van der Waals surface area (Å²) in [5.74, 6) is 0.917. The highest BCUT2D eigenvalue weighted by molar-refractivity contribution is 7.89. The predicted octanol–water partition coefficient (Wildman–Crippen LogP) is 4.92. The van der Waals surface area contributed by atoms with Crippen LogP contribution >= 0.6 is 11.3 Å². The van der Waals surface area contributed by atoms with E-state index in [1.54, 1.807) is 34.6 Å². The molecule has 1 aromatic heterocycles. The number of rotatable bonds is 10. The molecular weight excluding hydrogens is 502 g/mol. The van der Waals surface area contributed by atoms with Crippen LogP contribution in [-0.4, -0.2) is 56.5 Å². The van der Waals surface area contributed by atoms with Gasteiger partial charge in [-0.25, -0.2) is 13.4 Å². The van der Waals surface area contributed by atoms with Gasteiger partial charge in [-0.2, -0.15) is 4.31 Å². The Labute approximate surface area is 215 Å². The number of amides is 1. The molecule has 11 heteroatoms. The Hall–Kier alpha value is -2.89. The normalized spacial score (nSPS) is 14.5. The molecule has 1 aliphatic rings. The number of aromatic nitrogens is 1. The number of nitrogens with one attached hydrogen (secondary N) is 1. The maximum atomic E-state index is 13.1. The van der Waals surface area contributed by atoms with E-state index < -0.39 is 10.0 Å². The maximum absolute atomic E-state index is 13.1. The number of carbonyl (C=O) groups excluding carboxylic acids is 1. The van der Waals surface area contributed by atoms with E-state index in [9.17, 15) is 13.2 Å². The molecule has 2 aromatic carbocycles. The minimum absolute atomic E-state index is 0.243. The fourth-order valence-electron chi connectivity index (χ4n) is 4.06. The third-order valence-corrected chi connectivity index (χ3v) is 8.53. The van der Waals surface area contributed by atoms with Gasteiger partial charge in [-0.3, -0.25) is 10.1 Å². The van der Waals surface area contributed by atoms with E-state index in [4.69, 9.17) is 14.2 Å². The fraction of sp³-hybridized carbons (Fsp3) is 0.440. The second kappa shape index (κ2) is 11.4. The Balaban J connectivity index is 1.59. The highest BCUT2D eigenvalue weighted by Gasteiger charge is 2.26. The van der Waals surface area contributed by atoms with Crippen LogP contribution < -0.4 is 19.5 Å². The molecule has 3 aromatic rings. The summed E-state index contributed by atoms with van der Waals surface area (Å²) in [7, 11) is -3.55. The first-order valence-corrected chi connectivity index (χ1v) is 14.4. The van der Waals surface area contributed by atoms with Gasteiger partial charge in [-0.05, 0) is 63.9 Å². The van der Waals surface area contributed by atoms with Gasteiger partial charge in [-0.1, -0.05) is 17.8 Å². The SMILES string of the molecule is CCOc1cc(C(=O)Nc2nc3ccc(S(=O)(=O)N4CCCCC4)cc3s2)cc(OCC)c1OCC. The monoisotopic (exact) mass is 533 g/mol. The van der Waals surface area contributed by atoms with E-state index in [1.165, 1.54) is 11.3 Å². The fourth-order valence-corrected chi connectivity index (χ4v) is 6.58. The van der Waals surface area contributed by atoms with Crippen LogP contribution in [0.15, 0.2) is 35.2 Å². The molecule has 2 heterocycles. The molecule has 1 aliphatic heterocycles. The van der Waals surface area contributed by atoms with Crippen molar-refractivity contribution in [1.29, 1.82) is 0 Å². The van der Waals surface area contributed by atoms with Crippen molar-refractivity contribution in [3.05, 3.63) is 35.9 Å². The number of thiazole rings is 1. The Kier molecular flexibility index (Phi) is 8.32. The van der Waals surface area contributed by atoms with Crippen LogP contribution in [0, 0.1) is 0 Å². The zero-order valence-corrected chi connectivity index (χ0v) is 22.3. The summed E-state index contributed by atoms with van der Waals surface area (Å²) < 4.78 is 45.4. The lowest BCUT2D eigenvalue weighted by atomic mass is 10.1. The Morgan fingerprint density at radius 3 is 2.22 bits per heavy atom. The van der Waals surface area contributed by atoms with Crippen LogP contribution in [0.2, 0.25) is 0 Å². The van der Waals surface area contributed by atoms with E-state index in [2.05, 4.69) is 10.3 Å². The minimum atomic E-state index is -3.55. The molecule has 0 spiro atoms. The smallest absolute Gasteiger partial charge is 0.257 e. The molecule has 0 bridgehead atoms. The number of hydrogen-bond acceptors (Lipinski definition) is 8. The molecule has 4 rings (SSSR count). The van der Waals surface area contributed by atoms with Crippen LogP contribution in [0.1, 0.15) is 50.4 Å². The third-order valence-electron chi connectivity index (χ3n) is 5.70. The highest BCUT2D eigenvalue weighted by atomic mass is 32.2. The van der Waals surface area contributed by atoms with Crippen molar-refractivity contribution in [1.82, 2.24) is 9.29 Å². The molecule has 0 atom stereocenters. The number of benzene rings is 2. The van der Waals surface area contributed by atoms with Gasteiger partial charge >= 0.3 is 0 Å². The molecule has 1 amide bonds. The maximum Gasteiger partial charge on any atom is 0.257 e. The summed E-state index contributed by atoms with van der Waals surface area (Å²) in [5.41, 5.74) is 0.947. The second-order valence-electron chi connectivity index (χ2n) is 8.17.